The second-order valence-electron chi connectivity index (χ2n) is 7.08. The van der Waals surface area contributed by atoms with Crippen LogP contribution < -0.4 is 4.90 Å². The molecule has 0 radical (unpaired) electrons. The third-order valence-electron chi connectivity index (χ3n) is 5.47. The first-order chi connectivity index (χ1) is 13.4. The molecule has 27 heavy (non-hydrogen) atoms. The molecule has 4 aromatic rings. The van der Waals surface area contributed by atoms with Gasteiger partial charge < -0.3 is 4.90 Å². The average molecular weight is 372 g/mol. The highest BCUT2D eigenvalue weighted by Gasteiger charge is 2.22. The number of nitrogens with zero attached hydrogens (tertiary/aromatic N) is 3. The van der Waals surface area contributed by atoms with Crippen LogP contribution in [0.5, 0.6) is 0 Å². The maximum atomic E-state index is 4.96. The van der Waals surface area contributed by atoms with Crippen LogP contribution in [0.3, 0.4) is 0 Å². The monoisotopic (exact) mass is 371 g/mol. The Balaban J connectivity index is 1.37. The van der Waals surface area contributed by atoms with Crippen molar-refractivity contribution in [2.24, 2.45) is 0 Å². The van der Waals surface area contributed by atoms with Crippen LogP contribution in [0.25, 0.3) is 21.3 Å². The number of fused-ring (bicyclic) bond motifs is 1. The van der Waals surface area contributed by atoms with Crippen molar-refractivity contribution in [1.82, 2.24) is 9.97 Å². The highest BCUT2D eigenvalue weighted by Crippen LogP contribution is 2.34. The first-order valence-electron chi connectivity index (χ1n) is 9.47. The molecular weight excluding hydrogens is 350 g/mol. The molecule has 2 aromatic carbocycles. The summed E-state index contributed by atoms with van der Waals surface area (Å²) in [6, 6.07) is 19.4. The molecule has 0 atom stereocenters. The maximum absolute atomic E-state index is 4.96. The summed E-state index contributed by atoms with van der Waals surface area (Å²) in [7, 11) is 0. The van der Waals surface area contributed by atoms with Gasteiger partial charge in [-0.15, -0.1) is 11.3 Å². The number of aromatic nitrogens is 2. The minimum Gasteiger partial charge on any atom is -0.355 e. The topological polar surface area (TPSA) is 29.0 Å². The van der Waals surface area contributed by atoms with Crippen LogP contribution in [0.1, 0.15) is 24.3 Å². The highest BCUT2D eigenvalue weighted by atomic mass is 32.1. The Morgan fingerprint density at radius 3 is 2.52 bits per heavy atom. The molecule has 134 valence electrons. The number of rotatable bonds is 3. The van der Waals surface area contributed by atoms with Crippen LogP contribution in [0.2, 0.25) is 0 Å². The quantitative estimate of drug-likeness (QED) is 0.460. The van der Waals surface area contributed by atoms with Gasteiger partial charge in [0.25, 0.3) is 0 Å². The molecule has 1 aliphatic rings. The summed E-state index contributed by atoms with van der Waals surface area (Å²) in [4.78, 5) is 11.8. The fourth-order valence-corrected chi connectivity index (χ4v) is 4.94. The van der Waals surface area contributed by atoms with Crippen molar-refractivity contribution in [2.45, 2.75) is 18.8 Å². The van der Waals surface area contributed by atoms with Crippen LogP contribution in [0, 0.1) is 0 Å². The molecule has 4 heteroatoms. The predicted molar refractivity (Wildman–Crippen MR) is 113 cm³/mol. The van der Waals surface area contributed by atoms with E-state index in [4.69, 9.17) is 4.98 Å². The molecular formula is C23H21N3S. The molecule has 0 amide bonds. The van der Waals surface area contributed by atoms with Gasteiger partial charge in [0.15, 0.2) is 0 Å². The summed E-state index contributed by atoms with van der Waals surface area (Å²) in [6.45, 7) is 2.06. The predicted octanol–water partition coefficient (Wildman–Crippen LogP) is 5.74. The molecule has 3 heterocycles. The van der Waals surface area contributed by atoms with E-state index >= 15 is 0 Å². The lowest BCUT2D eigenvalue weighted by Crippen LogP contribution is -2.33. The first kappa shape index (κ1) is 16.5. The van der Waals surface area contributed by atoms with Crippen molar-refractivity contribution in [3.63, 3.8) is 0 Å². The second kappa shape index (κ2) is 7.12. The van der Waals surface area contributed by atoms with Crippen LogP contribution in [0.4, 0.5) is 5.82 Å². The summed E-state index contributed by atoms with van der Waals surface area (Å²) in [5.74, 6) is 1.65. The number of anilines is 1. The van der Waals surface area contributed by atoms with Crippen molar-refractivity contribution >= 4 is 27.2 Å². The second-order valence-corrected chi connectivity index (χ2v) is 7.99. The number of thiophene rings is 1. The number of hydrogen-bond donors (Lipinski definition) is 0. The van der Waals surface area contributed by atoms with E-state index in [0.29, 0.717) is 5.92 Å². The largest absolute Gasteiger partial charge is 0.355 e. The average Bonchev–Trinajstić information content (AvgIpc) is 3.19. The van der Waals surface area contributed by atoms with Gasteiger partial charge in [-0.3, -0.25) is 4.98 Å². The normalized spacial score (nSPS) is 15.3. The number of piperidine rings is 1. The summed E-state index contributed by atoms with van der Waals surface area (Å²) in [6.07, 6.45) is 6.12. The third kappa shape index (κ3) is 3.21. The lowest BCUT2D eigenvalue weighted by Gasteiger charge is -2.33. The molecule has 5 rings (SSSR count). The zero-order valence-electron chi connectivity index (χ0n) is 15.1. The Morgan fingerprint density at radius 2 is 1.67 bits per heavy atom. The van der Waals surface area contributed by atoms with Crippen LogP contribution in [0.15, 0.2) is 72.4 Å². The summed E-state index contributed by atoms with van der Waals surface area (Å²) >= 11 is 1.77. The molecule has 1 fully saturated rings. The Hall–Kier alpha value is -2.72. The van der Waals surface area contributed by atoms with E-state index in [1.807, 2.05) is 12.4 Å². The van der Waals surface area contributed by atoms with Crippen molar-refractivity contribution in [3.05, 3.63) is 77.9 Å². The van der Waals surface area contributed by atoms with E-state index < -0.39 is 0 Å². The summed E-state index contributed by atoms with van der Waals surface area (Å²) in [5.41, 5.74) is 3.61. The van der Waals surface area contributed by atoms with Gasteiger partial charge in [0.1, 0.15) is 5.82 Å². The van der Waals surface area contributed by atoms with Crippen LogP contribution in [-0.4, -0.2) is 23.1 Å². The Morgan fingerprint density at radius 1 is 0.889 bits per heavy atom. The fraction of sp³-hybridized carbons (Fsp3) is 0.217. The van der Waals surface area contributed by atoms with E-state index in [9.17, 15) is 0 Å². The smallest absolute Gasteiger partial charge is 0.147 e. The third-order valence-corrected chi connectivity index (χ3v) is 6.43. The molecule has 0 N–H and O–H groups in total. The Bertz CT molecular complexity index is 1050. The minimum atomic E-state index is 0.652. The molecule has 3 nitrogen and oxygen atoms in total. The van der Waals surface area contributed by atoms with E-state index in [0.717, 1.165) is 37.4 Å². The van der Waals surface area contributed by atoms with Crippen molar-refractivity contribution < 1.29 is 0 Å². The van der Waals surface area contributed by atoms with Gasteiger partial charge in [0.05, 0.1) is 18.1 Å². The van der Waals surface area contributed by atoms with E-state index in [1.165, 1.54) is 21.2 Å². The fourth-order valence-electron chi connectivity index (χ4n) is 3.98. The lowest BCUT2D eigenvalue weighted by atomic mass is 9.89. The van der Waals surface area contributed by atoms with E-state index in [1.54, 1.807) is 11.3 Å². The molecule has 0 bridgehead atoms. The van der Waals surface area contributed by atoms with Gasteiger partial charge >= 0.3 is 0 Å². The van der Waals surface area contributed by atoms with Gasteiger partial charge in [-0.25, -0.2) is 4.98 Å². The number of benzene rings is 2. The zero-order chi connectivity index (χ0) is 18.1. The van der Waals surface area contributed by atoms with Gasteiger partial charge in [0.2, 0.25) is 0 Å². The Kier molecular flexibility index (Phi) is 4.34. The van der Waals surface area contributed by atoms with Gasteiger partial charge in [0, 0.05) is 34.1 Å². The molecule has 0 saturated carbocycles. The number of hydrogen-bond acceptors (Lipinski definition) is 4. The van der Waals surface area contributed by atoms with Crippen LogP contribution >= 0.6 is 11.3 Å². The van der Waals surface area contributed by atoms with Gasteiger partial charge in [-0.1, -0.05) is 48.5 Å². The minimum absolute atomic E-state index is 0.652. The maximum Gasteiger partial charge on any atom is 0.147 e. The summed E-state index contributed by atoms with van der Waals surface area (Å²) < 4.78 is 1.29. The van der Waals surface area contributed by atoms with E-state index in [-0.39, 0.29) is 0 Å². The molecule has 1 aliphatic heterocycles. The van der Waals surface area contributed by atoms with Gasteiger partial charge in [-0.2, -0.15) is 0 Å². The molecule has 1 saturated heterocycles. The highest BCUT2D eigenvalue weighted by molar-refractivity contribution is 7.17. The zero-order valence-corrected chi connectivity index (χ0v) is 15.9. The Labute approximate surface area is 163 Å². The molecule has 0 spiro atoms. The standard InChI is InChI=1S/C23H21N3S/c1-2-6-17(7-3-1)18-10-12-26(13-11-18)23-15-24-14-21(25-23)20-16-27-22-9-5-4-8-19(20)22/h1-9,14-16,18H,10-13H2. The van der Waals surface area contributed by atoms with E-state index in [2.05, 4.69) is 69.9 Å². The van der Waals surface area contributed by atoms with Gasteiger partial charge in [-0.05, 0) is 30.4 Å². The lowest BCUT2D eigenvalue weighted by molar-refractivity contribution is 0.502. The molecule has 0 unspecified atom stereocenters. The summed E-state index contributed by atoms with van der Waals surface area (Å²) in [5, 5.41) is 3.46. The van der Waals surface area contributed by atoms with Crippen molar-refractivity contribution in [3.8, 4) is 11.3 Å². The van der Waals surface area contributed by atoms with Crippen molar-refractivity contribution in [2.75, 3.05) is 18.0 Å². The van der Waals surface area contributed by atoms with Crippen LogP contribution in [-0.2, 0) is 0 Å². The first-order valence-corrected chi connectivity index (χ1v) is 10.3. The van der Waals surface area contributed by atoms with Crippen molar-refractivity contribution in [1.29, 1.82) is 0 Å². The molecule has 2 aromatic heterocycles. The molecule has 0 aliphatic carbocycles. The SMILES string of the molecule is c1ccc(C2CCN(c3cncc(-c4csc5ccccc45)n3)CC2)cc1.